The van der Waals surface area contributed by atoms with Crippen molar-refractivity contribution in [2.75, 3.05) is 18.4 Å². The molecule has 2 aliphatic rings. The second-order valence-electron chi connectivity index (χ2n) is 6.92. The molecule has 3 rings (SSSR count). The molecule has 1 aromatic rings. The van der Waals surface area contributed by atoms with Gasteiger partial charge < -0.3 is 15.2 Å². The normalized spacial score (nSPS) is 27.1. The molecule has 0 spiro atoms. The maximum atomic E-state index is 12.8. The van der Waals surface area contributed by atoms with Gasteiger partial charge in [-0.15, -0.1) is 0 Å². The Labute approximate surface area is 141 Å². The predicted molar refractivity (Wildman–Crippen MR) is 88.3 cm³/mol. The van der Waals surface area contributed by atoms with Crippen LogP contribution in [0.1, 0.15) is 27.2 Å². The van der Waals surface area contributed by atoms with Gasteiger partial charge in [0.1, 0.15) is 5.75 Å². The Kier molecular flexibility index (Phi) is 4.09. The molecule has 8 heteroatoms. The molecule has 24 heavy (non-hydrogen) atoms. The van der Waals surface area contributed by atoms with Crippen LogP contribution in [0.15, 0.2) is 23.1 Å². The number of fused-ring (bicyclic) bond motifs is 1. The van der Waals surface area contributed by atoms with Gasteiger partial charge in [-0.1, -0.05) is 6.92 Å². The molecule has 0 aromatic heterocycles. The highest BCUT2D eigenvalue weighted by atomic mass is 32.2. The number of aliphatic hydroxyl groups excluding tert-OH is 1. The summed E-state index contributed by atoms with van der Waals surface area (Å²) in [6.45, 7) is 5.68. The zero-order valence-corrected chi connectivity index (χ0v) is 14.8. The molecule has 0 saturated carbocycles. The maximum Gasteiger partial charge on any atom is 0.268 e. The number of anilines is 1. The number of ether oxygens (including phenoxy) is 1. The van der Waals surface area contributed by atoms with Crippen LogP contribution in [0.25, 0.3) is 0 Å². The monoisotopic (exact) mass is 354 g/mol. The summed E-state index contributed by atoms with van der Waals surface area (Å²) in [7, 11) is -3.68. The third-order valence-electron chi connectivity index (χ3n) is 4.57. The van der Waals surface area contributed by atoms with Crippen LogP contribution in [0, 0.1) is 5.92 Å². The van der Waals surface area contributed by atoms with Crippen molar-refractivity contribution in [2.24, 2.45) is 5.92 Å². The minimum Gasteiger partial charge on any atom is -0.476 e. The molecule has 7 nitrogen and oxygen atoms in total. The lowest BCUT2D eigenvalue weighted by Crippen LogP contribution is -2.46. The summed E-state index contributed by atoms with van der Waals surface area (Å²) in [5.74, 6) is 0.00948. The van der Waals surface area contributed by atoms with E-state index in [1.54, 1.807) is 19.9 Å². The number of aliphatic hydroxyl groups is 1. The highest BCUT2D eigenvalue weighted by Crippen LogP contribution is 2.36. The lowest BCUT2D eigenvalue weighted by molar-refractivity contribution is -0.129. The Morgan fingerprint density at radius 3 is 2.75 bits per heavy atom. The van der Waals surface area contributed by atoms with Crippen molar-refractivity contribution >= 4 is 21.6 Å². The Morgan fingerprint density at radius 1 is 1.38 bits per heavy atom. The van der Waals surface area contributed by atoms with Crippen molar-refractivity contribution in [1.82, 2.24) is 4.31 Å². The Bertz CT molecular complexity index is 775. The van der Waals surface area contributed by atoms with E-state index in [9.17, 15) is 18.3 Å². The van der Waals surface area contributed by atoms with Crippen LogP contribution in [-0.2, 0) is 14.8 Å². The van der Waals surface area contributed by atoms with E-state index in [2.05, 4.69) is 5.32 Å². The third-order valence-corrected chi connectivity index (χ3v) is 6.43. The first kappa shape index (κ1) is 17.2. The molecule has 2 heterocycles. The second-order valence-corrected chi connectivity index (χ2v) is 8.86. The van der Waals surface area contributed by atoms with Crippen molar-refractivity contribution in [3.05, 3.63) is 18.2 Å². The largest absolute Gasteiger partial charge is 0.476 e. The minimum absolute atomic E-state index is 0.105. The number of carbonyl (C=O) groups excluding carboxylic acids is 1. The smallest absolute Gasteiger partial charge is 0.268 e. The van der Waals surface area contributed by atoms with Crippen molar-refractivity contribution in [3.63, 3.8) is 0 Å². The van der Waals surface area contributed by atoms with Gasteiger partial charge in [-0.25, -0.2) is 8.42 Å². The van der Waals surface area contributed by atoms with E-state index in [1.807, 2.05) is 6.92 Å². The molecular weight excluding hydrogens is 332 g/mol. The van der Waals surface area contributed by atoms with Gasteiger partial charge in [0.15, 0.2) is 5.60 Å². The van der Waals surface area contributed by atoms with Crippen LogP contribution in [0.5, 0.6) is 5.75 Å². The number of rotatable bonds is 2. The van der Waals surface area contributed by atoms with Crippen LogP contribution in [0.2, 0.25) is 0 Å². The van der Waals surface area contributed by atoms with Crippen LogP contribution in [0.4, 0.5) is 5.69 Å². The van der Waals surface area contributed by atoms with Crippen LogP contribution < -0.4 is 10.1 Å². The number of piperidine rings is 1. The molecule has 132 valence electrons. The van der Waals surface area contributed by atoms with E-state index in [0.717, 1.165) is 0 Å². The zero-order valence-electron chi connectivity index (χ0n) is 13.9. The van der Waals surface area contributed by atoms with E-state index in [-0.39, 0.29) is 29.8 Å². The number of hydrogen-bond donors (Lipinski definition) is 2. The molecular formula is C16H22N2O5S. The quantitative estimate of drug-likeness (QED) is 0.832. The van der Waals surface area contributed by atoms with Crippen LogP contribution >= 0.6 is 0 Å². The molecule has 1 amide bonds. The fourth-order valence-electron chi connectivity index (χ4n) is 2.91. The summed E-state index contributed by atoms with van der Waals surface area (Å²) < 4.78 is 32.6. The molecule has 1 fully saturated rings. The van der Waals surface area contributed by atoms with Crippen molar-refractivity contribution in [1.29, 1.82) is 0 Å². The second kappa shape index (κ2) is 5.72. The molecule has 2 atom stereocenters. The molecule has 1 saturated heterocycles. The average molecular weight is 354 g/mol. The highest BCUT2D eigenvalue weighted by Gasteiger charge is 2.37. The zero-order chi connectivity index (χ0) is 17.7. The lowest BCUT2D eigenvalue weighted by Gasteiger charge is -2.34. The molecule has 2 aliphatic heterocycles. The first-order valence-electron chi connectivity index (χ1n) is 7.94. The summed E-state index contributed by atoms with van der Waals surface area (Å²) >= 11 is 0. The maximum absolute atomic E-state index is 12.8. The summed E-state index contributed by atoms with van der Waals surface area (Å²) in [4.78, 5) is 12.1. The summed E-state index contributed by atoms with van der Waals surface area (Å²) in [6.07, 6.45) is -0.0609. The van der Waals surface area contributed by atoms with E-state index in [0.29, 0.717) is 17.9 Å². The van der Waals surface area contributed by atoms with Gasteiger partial charge in [-0.2, -0.15) is 4.31 Å². The molecule has 0 unspecified atom stereocenters. The third kappa shape index (κ3) is 2.89. The van der Waals surface area contributed by atoms with Gasteiger partial charge in [-0.05, 0) is 44.4 Å². The summed E-state index contributed by atoms with van der Waals surface area (Å²) in [5.41, 5.74) is -0.642. The number of benzene rings is 1. The topological polar surface area (TPSA) is 95.9 Å². The molecule has 1 aromatic carbocycles. The number of nitrogens with zero attached hydrogens (tertiary/aromatic N) is 1. The SMILES string of the molecule is C[C@H]1CN(S(=O)(=O)c2ccc3c(c2)NC(=O)C(C)(C)O3)CC[C@H]1O. The number of sulfonamides is 1. The highest BCUT2D eigenvalue weighted by molar-refractivity contribution is 7.89. The summed E-state index contributed by atoms with van der Waals surface area (Å²) in [5, 5.41) is 12.5. The van der Waals surface area contributed by atoms with E-state index >= 15 is 0 Å². The van der Waals surface area contributed by atoms with Crippen molar-refractivity contribution in [3.8, 4) is 5.75 Å². The number of amides is 1. The van der Waals surface area contributed by atoms with Crippen LogP contribution in [0.3, 0.4) is 0 Å². The molecule has 0 bridgehead atoms. The Morgan fingerprint density at radius 2 is 2.08 bits per heavy atom. The van der Waals surface area contributed by atoms with Gasteiger partial charge in [0.2, 0.25) is 10.0 Å². The number of nitrogens with one attached hydrogen (secondary N) is 1. The summed E-state index contributed by atoms with van der Waals surface area (Å²) in [6, 6.07) is 4.47. The van der Waals surface area contributed by atoms with E-state index in [1.165, 1.54) is 16.4 Å². The van der Waals surface area contributed by atoms with Gasteiger partial charge >= 0.3 is 0 Å². The van der Waals surface area contributed by atoms with E-state index in [4.69, 9.17) is 4.74 Å². The Hall–Kier alpha value is -1.64. The van der Waals surface area contributed by atoms with Crippen LogP contribution in [-0.4, -0.2) is 48.5 Å². The van der Waals surface area contributed by atoms with Gasteiger partial charge in [0, 0.05) is 13.1 Å². The minimum atomic E-state index is -3.68. The van der Waals surface area contributed by atoms with Gasteiger partial charge in [-0.3, -0.25) is 4.79 Å². The molecule has 0 radical (unpaired) electrons. The fraction of sp³-hybridized carbons (Fsp3) is 0.562. The predicted octanol–water partition coefficient (Wildman–Crippen LogP) is 1.19. The molecule has 0 aliphatic carbocycles. The average Bonchev–Trinajstić information content (AvgIpc) is 2.50. The Balaban J connectivity index is 1.91. The van der Waals surface area contributed by atoms with Gasteiger partial charge in [0.25, 0.3) is 5.91 Å². The van der Waals surface area contributed by atoms with Gasteiger partial charge in [0.05, 0.1) is 16.7 Å². The molecule has 2 N–H and O–H groups in total. The van der Waals surface area contributed by atoms with E-state index < -0.39 is 21.7 Å². The van der Waals surface area contributed by atoms with Crippen molar-refractivity contribution in [2.45, 2.75) is 43.8 Å². The fourth-order valence-corrected chi connectivity index (χ4v) is 4.49. The number of hydrogen-bond acceptors (Lipinski definition) is 5. The standard InChI is InChI=1S/C16H22N2O5S/c1-10-9-18(7-6-13(10)19)24(21,22)11-4-5-14-12(8-11)17-15(20)16(2,3)23-14/h4-5,8,10,13,19H,6-7,9H2,1-3H3,(H,17,20)/t10-,13+/m0/s1. The first-order valence-corrected chi connectivity index (χ1v) is 9.38. The van der Waals surface area contributed by atoms with Crippen molar-refractivity contribution < 1.29 is 23.1 Å². The first-order chi connectivity index (χ1) is 11.1. The lowest BCUT2D eigenvalue weighted by atomic mass is 9.99. The number of carbonyl (C=O) groups is 1.